The van der Waals surface area contributed by atoms with Gasteiger partial charge >= 0.3 is 0 Å². The highest BCUT2D eigenvalue weighted by Crippen LogP contribution is 2.15. The number of aliphatic hydroxyl groups is 2. The number of hydrogen-bond acceptors (Lipinski definition) is 3. The minimum Gasteiger partial charge on any atom is -0.491 e. The van der Waals surface area contributed by atoms with Crippen LogP contribution in [0.15, 0.2) is 24.3 Å². The summed E-state index contributed by atoms with van der Waals surface area (Å²) in [5.41, 5.74) is 0.367. The van der Waals surface area contributed by atoms with Crippen LogP contribution in [-0.2, 0) is 6.42 Å². The third-order valence-corrected chi connectivity index (χ3v) is 2.37. The fourth-order valence-corrected chi connectivity index (χ4v) is 1.39. The Morgan fingerprint density at radius 3 is 2.29 bits per heavy atom. The lowest BCUT2D eigenvalue weighted by Gasteiger charge is -2.17. The van der Waals surface area contributed by atoms with E-state index in [1.807, 2.05) is 24.3 Å². The predicted molar refractivity (Wildman–Crippen MR) is 68.2 cm³/mol. The lowest BCUT2D eigenvalue weighted by atomic mass is 10.1. The normalized spacial score (nSPS) is 13.5. The molecule has 1 aromatic rings. The van der Waals surface area contributed by atoms with E-state index in [0.717, 1.165) is 18.6 Å². The van der Waals surface area contributed by atoms with Crippen LogP contribution in [0.1, 0.15) is 32.8 Å². The van der Waals surface area contributed by atoms with E-state index < -0.39 is 5.60 Å². The molecule has 0 spiro atoms. The van der Waals surface area contributed by atoms with E-state index in [1.54, 1.807) is 20.8 Å². The summed E-state index contributed by atoms with van der Waals surface area (Å²) in [6.45, 7) is 5.49. The van der Waals surface area contributed by atoms with Crippen LogP contribution in [-0.4, -0.2) is 28.5 Å². The maximum Gasteiger partial charge on any atom is 0.119 e. The van der Waals surface area contributed by atoms with E-state index in [1.165, 1.54) is 5.56 Å². The van der Waals surface area contributed by atoms with Crippen molar-refractivity contribution in [2.24, 2.45) is 0 Å². The molecular weight excluding hydrogens is 216 g/mol. The molecule has 3 nitrogen and oxygen atoms in total. The van der Waals surface area contributed by atoms with Crippen molar-refractivity contribution in [3.63, 3.8) is 0 Å². The highest BCUT2D eigenvalue weighted by Gasteiger charge is 2.13. The fourth-order valence-electron chi connectivity index (χ4n) is 1.39. The van der Waals surface area contributed by atoms with E-state index in [-0.39, 0.29) is 12.7 Å². The molecule has 1 aromatic carbocycles. The van der Waals surface area contributed by atoms with Crippen LogP contribution < -0.4 is 4.74 Å². The summed E-state index contributed by atoms with van der Waals surface area (Å²) in [4.78, 5) is 0. The molecule has 0 saturated heterocycles. The maximum atomic E-state index is 9.53. The van der Waals surface area contributed by atoms with Gasteiger partial charge in [-0.2, -0.15) is 0 Å². The number of aryl methyl sites for hydroxylation is 1. The highest BCUT2D eigenvalue weighted by atomic mass is 16.5. The Hall–Kier alpha value is -1.06. The van der Waals surface area contributed by atoms with Crippen molar-refractivity contribution < 1.29 is 14.9 Å². The van der Waals surface area contributed by atoms with Crippen LogP contribution in [0.4, 0.5) is 0 Å². The molecule has 0 radical (unpaired) electrons. The monoisotopic (exact) mass is 238 g/mol. The van der Waals surface area contributed by atoms with Crippen molar-refractivity contribution in [1.29, 1.82) is 0 Å². The second-order valence-electron chi connectivity index (χ2n) is 5.13. The predicted octanol–water partition coefficient (Wildman–Crippen LogP) is 2.15. The molecule has 0 bridgehead atoms. The second kappa shape index (κ2) is 6.03. The molecule has 1 rings (SSSR count). The average molecular weight is 238 g/mol. The van der Waals surface area contributed by atoms with Gasteiger partial charge in [-0.1, -0.05) is 12.1 Å². The number of aliphatic hydroxyl groups excluding tert-OH is 1. The highest BCUT2D eigenvalue weighted by molar-refractivity contribution is 5.27. The van der Waals surface area contributed by atoms with Crippen LogP contribution in [0.5, 0.6) is 5.75 Å². The van der Waals surface area contributed by atoms with Gasteiger partial charge in [0.15, 0.2) is 0 Å². The molecule has 0 aliphatic carbocycles. The van der Waals surface area contributed by atoms with Crippen molar-refractivity contribution >= 4 is 0 Å². The van der Waals surface area contributed by atoms with Gasteiger partial charge in [-0.05, 0) is 51.3 Å². The van der Waals surface area contributed by atoms with Gasteiger partial charge in [0, 0.05) is 0 Å². The Kier molecular flexibility index (Phi) is 4.97. The molecule has 0 aliphatic heterocycles. The van der Waals surface area contributed by atoms with Crippen LogP contribution in [0.25, 0.3) is 0 Å². The topological polar surface area (TPSA) is 49.7 Å². The molecule has 1 atom stereocenters. The van der Waals surface area contributed by atoms with Crippen molar-refractivity contribution in [3.05, 3.63) is 29.8 Å². The summed E-state index contributed by atoms with van der Waals surface area (Å²) in [6, 6.07) is 7.76. The van der Waals surface area contributed by atoms with Crippen molar-refractivity contribution in [2.45, 2.75) is 45.3 Å². The van der Waals surface area contributed by atoms with Crippen molar-refractivity contribution in [1.82, 2.24) is 0 Å². The maximum absolute atomic E-state index is 9.53. The Labute approximate surface area is 103 Å². The molecule has 0 fully saturated rings. The average Bonchev–Trinajstić information content (AvgIpc) is 2.24. The third-order valence-electron chi connectivity index (χ3n) is 2.37. The fraction of sp³-hybridized carbons (Fsp3) is 0.571. The lowest BCUT2D eigenvalue weighted by molar-refractivity contribution is 0.0285. The molecule has 0 aliphatic rings. The van der Waals surface area contributed by atoms with E-state index in [0.29, 0.717) is 0 Å². The molecule has 3 heteroatoms. The summed E-state index contributed by atoms with van der Waals surface area (Å²) < 4.78 is 5.45. The summed E-state index contributed by atoms with van der Waals surface area (Å²) in [6.07, 6.45) is 1.37. The van der Waals surface area contributed by atoms with E-state index in [2.05, 4.69) is 0 Å². The van der Waals surface area contributed by atoms with Crippen LogP contribution in [0, 0.1) is 0 Å². The smallest absolute Gasteiger partial charge is 0.119 e. The van der Waals surface area contributed by atoms with E-state index in [9.17, 15) is 10.2 Å². The summed E-state index contributed by atoms with van der Waals surface area (Å²) >= 11 is 0. The van der Waals surface area contributed by atoms with Gasteiger partial charge in [0.05, 0.1) is 11.7 Å². The van der Waals surface area contributed by atoms with Gasteiger partial charge in [0.2, 0.25) is 0 Å². The van der Waals surface area contributed by atoms with E-state index in [4.69, 9.17) is 4.74 Å². The van der Waals surface area contributed by atoms with Gasteiger partial charge in [0.25, 0.3) is 0 Å². The SMILES string of the molecule is CC(O)CCc1ccc(OCC(C)(C)O)cc1. The first-order valence-electron chi connectivity index (χ1n) is 5.99. The molecule has 1 unspecified atom stereocenters. The first kappa shape index (κ1) is 14.0. The molecule has 0 aromatic heterocycles. The molecule has 0 saturated carbocycles. The number of ether oxygens (including phenoxy) is 1. The minimum atomic E-state index is -0.814. The van der Waals surface area contributed by atoms with Crippen LogP contribution >= 0.6 is 0 Å². The summed E-state index contributed by atoms with van der Waals surface area (Å²) in [7, 11) is 0. The summed E-state index contributed by atoms with van der Waals surface area (Å²) in [5, 5.41) is 18.7. The molecular formula is C14H22O3. The zero-order valence-corrected chi connectivity index (χ0v) is 10.8. The standard InChI is InChI=1S/C14H22O3/c1-11(15)4-5-12-6-8-13(9-7-12)17-10-14(2,3)16/h6-9,11,15-16H,4-5,10H2,1-3H3. The Morgan fingerprint density at radius 2 is 1.82 bits per heavy atom. The van der Waals surface area contributed by atoms with Gasteiger partial charge in [-0.25, -0.2) is 0 Å². The van der Waals surface area contributed by atoms with Gasteiger partial charge < -0.3 is 14.9 Å². The Morgan fingerprint density at radius 1 is 1.24 bits per heavy atom. The first-order valence-corrected chi connectivity index (χ1v) is 5.99. The molecule has 0 heterocycles. The Balaban J connectivity index is 2.45. The zero-order chi connectivity index (χ0) is 12.9. The summed E-state index contributed by atoms with van der Waals surface area (Å²) in [5.74, 6) is 0.757. The first-order chi connectivity index (χ1) is 7.87. The molecule has 2 N–H and O–H groups in total. The second-order valence-corrected chi connectivity index (χ2v) is 5.13. The van der Waals surface area contributed by atoms with Crippen LogP contribution in [0.3, 0.4) is 0 Å². The third kappa shape index (κ3) is 6.29. The molecule has 17 heavy (non-hydrogen) atoms. The minimum absolute atomic E-state index is 0.263. The molecule has 0 amide bonds. The van der Waals surface area contributed by atoms with Crippen molar-refractivity contribution in [2.75, 3.05) is 6.61 Å². The number of benzene rings is 1. The zero-order valence-electron chi connectivity index (χ0n) is 10.8. The largest absolute Gasteiger partial charge is 0.491 e. The van der Waals surface area contributed by atoms with Gasteiger partial charge in [-0.15, -0.1) is 0 Å². The van der Waals surface area contributed by atoms with Gasteiger partial charge in [-0.3, -0.25) is 0 Å². The quantitative estimate of drug-likeness (QED) is 0.798. The van der Waals surface area contributed by atoms with Crippen molar-refractivity contribution in [3.8, 4) is 5.75 Å². The number of rotatable bonds is 6. The van der Waals surface area contributed by atoms with Gasteiger partial charge in [0.1, 0.15) is 12.4 Å². The molecule has 96 valence electrons. The Bertz CT molecular complexity index is 322. The number of hydrogen-bond donors (Lipinski definition) is 2. The van der Waals surface area contributed by atoms with E-state index >= 15 is 0 Å². The van der Waals surface area contributed by atoms with Crippen LogP contribution in [0.2, 0.25) is 0 Å². The lowest BCUT2D eigenvalue weighted by Crippen LogP contribution is -2.27.